The minimum absolute atomic E-state index is 0.0424. The summed E-state index contributed by atoms with van der Waals surface area (Å²) >= 11 is 12.3. The van der Waals surface area contributed by atoms with Crippen LogP contribution in [0, 0.1) is 0 Å². The molecule has 1 aromatic heterocycles. The number of carboxylic acid groups (broad SMARTS) is 1. The molecule has 1 amide bonds. The van der Waals surface area contributed by atoms with Crippen LogP contribution in [0.5, 0.6) is 5.75 Å². The molecule has 0 bridgehead atoms. The van der Waals surface area contributed by atoms with E-state index in [-0.39, 0.29) is 39.5 Å². The summed E-state index contributed by atoms with van der Waals surface area (Å²) < 4.78 is 6.78. The van der Waals surface area contributed by atoms with E-state index in [1.165, 1.54) is 18.1 Å². The highest BCUT2D eigenvalue weighted by molar-refractivity contribution is 6.37. The largest absolute Gasteiger partial charge is 0.494 e. The first-order valence-electron chi connectivity index (χ1n) is 7.44. The number of ether oxygens (including phenoxy) is 1. The molecule has 0 unspecified atom stereocenters. The number of hydrogen-bond donors (Lipinski definition) is 1. The molecule has 0 atom stereocenters. The number of aryl methyl sites for hydroxylation is 1. The third-order valence-corrected chi connectivity index (χ3v) is 4.82. The summed E-state index contributed by atoms with van der Waals surface area (Å²) in [5, 5.41) is 13.9. The Labute approximate surface area is 153 Å². The standard InChI is InChI=1S/C16H15Cl2N3O4/c1-20-11-5-6-21(7-8(11)13(19-20)16(23)24)15(22)12-9(17)3-4-10(18)14(12)25-2/h3-4H,5-7H2,1-2H3,(H,23,24). The number of carbonyl (C=O) groups is 2. The van der Waals surface area contributed by atoms with Gasteiger partial charge >= 0.3 is 5.97 Å². The molecule has 1 aromatic carbocycles. The van der Waals surface area contributed by atoms with Crippen molar-refractivity contribution in [3.8, 4) is 5.75 Å². The number of benzene rings is 1. The van der Waals surface area contributed by atoms with Crippen LogP contribution in [0.3, 0.4) is 0 Å². The lowest BCUT2D eigenvalue weighted by Gasteiger charge is -2.28. The van der Waals surface area contributed by atoms with Crippen LogP contribution in [0.4, 0.5) is 0 Å². The highest BCUT2D eigenvalue weighted by Crippen LogP contribution is 2.35. The topological polar surface area (TPSA) is 84.7 Å². The fourth-order valence-electron chi connectivity index (χ4n) is 3.03. The van der Waals surface area contributed by atoms with Crippen LogP contribution in [-0.2, 0) is 20.0 Å². The number of carboxylic acids is 1. The van der Waals surface area contributed by atoms with Crippen LogP contribution < -0.4 is 4.74 Å². The molecule has 0 aliphatic carbocycles. The van der Waals surface area contributed by atoms with Crippen molar-refractivity contribution >= 4 is 35.1 Å². The molecule has 9 heteroatoms. The van der Waals surface area contributed by atoms with Gasteiger partial charge in [0.2, 0.25) is 0 Å². The highest BCUT2D eigenvalue weighted by atomic mass is 35.5. The molecule has 7 nitrogen and oxygen atoms in total. The van der Waals surface area contributed by atoms with E-state index < -0.39 is 5.97 Å². The van der Waals surface area contributed by atoms with Crippen LogP contribution in [0.1, 0.15) is 32.1 Å². The number of nitrogens with zero attached hydrogens (tertiary/aromatic N) is 3. The molecule has 3 rings (SSSR count). The van der Waals surface area contributed by atoms with Crippen LogP contribution in [0.2, 0.25) is 10.0 Å². The van der Waals surface area contributed by atoms with E-state index in [1.54, 1.807) is 17.8 Å². The molecule has 1 aliphatic rings. The summed E-state index contributed by atoms with van der Waals surface area (Å²) in [6.07, 6.45) is 0.498. The molecule has 0 spiro atoms. The summed E-state index contributed by atoms with van der Waals surface area (Å²) in [7, 11) is 3.10. The summed E-state index contributed by atoms with van der Waals surface area (Å²) in [5.74, 6) is -1.28. The number of rotatable bonds is 3. The lowest BCUT2D eigenvalue weighted by Crippen LogP contribution is -2.37. The molecular formula is C16H15Cl2N3O4. The van der Waals surface area contributed by atoms with Crippen molar-refractivity contribution in [1.29, 1.82) is 0 Å². The Hall–Kier alpha value is -2.25. The maximum atomic E-state index is 13.0. The van der Waals surface area contributed by atoms with Gasteiger partial charge in [-0.2, -0.15) is 5.10 Å². The van der Waals surface area contributed by atoms with Crippen LogP contribution in [0.15, 0.2) is 12.1 Å². The molecular weight excluding hydrogens is 369 g/mol. The molecule has 132 valence electrons. The fourth-order valence-corrected chi connectivity index (χ4v) is 3.49. The van der Waals surface area contributed by atoms with Gasteiger partial charge in [0.15, 0.2) is 11.4 Å². The minimum Gasteiger partial charge on any atom is -0.494 e. The predicted molar refractivity (Wildman–Crippen MR) is 91.6 cm³/mol. The van der Waals surface area contributed by atoms with Gasteiger partial charge in [-0.1, -0.05) is 23.2 Å². The highest BCUT2D eigenvalue weighted by Gasteiger charge is 2.32. The second-order valence-corrected chi connectivity index (χ2v) is 6.43. The number of carbonyl (C=O) groups excluding carboxylic acids is 1. The third kappa shape index (κ3) is 2.94. The number of halogens is 2. The maximum Gasteiger partial charge on any atom is 0.356 e. The third-order valence-electron chi connectivity index (χ3n) is 4.21. The quantitative estimate of drug-likeness (QED) is 0.880. The zero-order valence-electron chi connectivity index (χ0n) is 13.5. The predicted octanol–water partition coefficient (Wildman–Crippen LogP) is 2.63. The van der Waals surface area contributed by atoms with Crippen molar-refractivity contribution in [2.24, 2.45) is 7.05 Å². The van der Waals surface area contributed by atoms with Crippen molar-refractivity contribution in [2.75, 3.05) is 13.7 Å². The monoisotopic (exact) mass is 383 g/mol. The van der Waals surface area contributed by atoms with E-state index in [4.69, 9.17) is 27.9 Å². The summed E-state index contributed by atoms with van der Waals surface area (Å²) in [6.45, 7) is 0.548. The molecule has 0 saturated carbocycles. The average molecular weight is 384 g/mol. The van der Waals surface area contributed by atoms with Crippen LogP contribution in [0.25, 0.3) is 0 Å². The molecule has 2 aromatic rings. The minimum atomic E-state index is -1.12. The van der Waals surface area contributed by atoms with Gasteiger partial charge in [-0.15, -0.1) is 0 Å². The maximum absolute atomic E-state index is 13.0. The van der Waals surface area contributed by atoms with Gasteiger partial charge in [0, 0.05) is 31.3 Å². The van der Waals surface area contributed by atoms with Gasteiger partial charge < -0.3 is 14.7 Å². The number of amides is 1. The summed E-state index contributed by atoms with van der Waals surface area (Å²) in [4.78, 5) is 25.9. The molecule has 1 aliphatic heterocycles. The molecule has 1 N–H and O–H groups in total. The Morgan fingerprint density at radius 3 is 2.60 bits per heavy atom. The Kier molecular flexibility index (Phi) is 4.62. The van der Waals surface area contributed by atoms with E-state index >= 15 is 0 Å². The Morgan fingerprint density at radius 2 is 1.96 bits per heavy atom. The normalized spacial score (nSPS) is 13.5. The molecule has 0 fully saturated rings. The Bertz CT molecular complexity index is 879. The smallest absolute Gasteiger partial charge is 0.356 e. The van der Waals surface area contributed by atoms with Gasteiger partial charge in [0.1, 0.15) is 5.56 Å². The lowest BCUT2D eigenvalue weighted by atomic mass is 10.0. The SMILES string of the molecule is COc1c(Cl)ccc(Cl)c1C(=O)N1CCc2c(c(C(=O)O)nn2C)C1. The van der Waals surface area contributed by atoms with Crippen LogP contribution >= 0.6 is 23.2 Å². The molecule has 0 saturated heterocycles. The van der Waals surface area contributed by atoms with Crippen molar-refractivity contribution in [1.82, 2.24) is 14.7 Å². The van der Waals surface area contributed by atoms with E-state index in [2.05, 4.69) is 5.10 Å². The fraction of sp³-hybridized carbons (Fsp3) is 0.312. The van der Waals surface area contributed by atoms with E-state index in [1.807, 2.05) is 0 Å². The Balaban J connectivity index is 1.99. The molecule has 25 heavy (non-hydrogen) atoms. The van der Waals surface area contributed by atoms with Crippen molar-refractivity contribution < 1.29 is 19.4 Å². The van der Waals surface area contributed by atoms with Gasteiger partial charge in [0.25, 0.3) is 5.91 Å². The van der Waals surface area contributed by atoms with Crippen LogP contribution in [-0.4, -0.2) is 45.3 Å². The first-order chi connectivity index (χ1) is 11.8. The van der Waals surface area contributed by atoms with Gasteiger partial charge in [0.05, 0.1) is 23.7 Å². The zero-order valence-corrected chi connectivity index (χ0v) is 15.1. The number of hydrogen-bond acceptors (Lipinski definition) is 4. The first-order valence-corrected chi connectivity index (χ1v) is 8.20. The van der Waals surface area contributed by atoms with Gasteiger partial charge in [-0.3, -0.25) is 9.48 Å². The van der Waals surface area contributed by atoms with Gasteiger partial charge in [-0.05, 0) is 12.1 Å². The molecule has 2 heterocycles. The van der Waals surface area contributed by atoms with Crippen molar-refractivity contribution in [2.45, 2.75) is 13.0 Å². The van der Waals surface area contributed by atoms with E-state index in [0.717, 1.165) is 5.69 Å². The number of methoxy groups -OCH3 is 1. The molecule has 0 radical (unpaired) electrons. The second-order valence-electron chi connectivity index (χ2n) is 5.62. The number of fused-ring (bicyclic) bond motifs is 1. The lowest BCUT2D eigenvalue weighted by molar-refractivity contribution is 0.0673. The summed E-state index contributed by atoms with van der Waals surface area (Å²) in [5.41, 5.74) is 1.47. The second kappa shape index (κ2) is 6.57. The van der Waals surface area contributed by atoms with Crippen molar-refractivity contribution in [3.05, 3.63) is 44.7 Å². The summed E-state index contributed by atoms with van der Waals surface area (Å²) in [6, 6.07) is 3.08. The average Bonchev–Trinajstić information content (AvgIpc) is 2.92. The van der Waals surface area contributed by atoms with E-state index in [9.17, 15) is 14.7 Å². The number of aromatic nitrogens is 2. The van der Waals surface area contributed by atoms with Crippen molar-refractivity contribution in [3.63, 3.8) is 0 Å². The first kappa shape index (κ1) is 17.6. The number of aromatic carboxylic acids is 1. The Morgan fingerprint density at radius 1 is 1.28 bits per heavy atom. The zero-order chi connectivity index (χ0) is 18.3. The van der Waals surface area contributed by atoms with E-state index in [0.29, 0.717) is 18.5 Å². The van der Waals surface area contributed by atoms with Gasteiger partial charge in [-0.25, -0.2) is 4.79 Å².